The van der Waals surface area contributed by atoms with Gasteiger partial charge in [-0.3, -0.25) is 4.90 Å². The number of aromatic amines is 1. The van der Waals surface area contributed by atoms with Crippen LogP contribution in [0.1, 0.15) is 83.6 Å². The highest BCUT2D eigenvalue weighted by Crippen LogP contribution is 2.45. The lowest BCUT2D eigenvalue weighted by Crippen LogP contribution is -2.41. The average Bonchev–Trinajstić information content (AvgIpc) is 3.64. The van der Waals surface area contributed by atoms with Gasteiger partial charge in [-0.05, 0) is 102 Å². The summed E-state index contributed by atoms with van der Waals surface area (Å²) in [5, 5.41) is 0. The van der Waals surface area contributed by atoms with Crippen LogP contribution in [0.2, 0.25) is 0 Å². The van der Waals surface area contributed by atoms with E-state index < -0.39 is 23.9 Å². The number of benzene rings is 2. The number of carbonyl (C=O) groups excluding carboxylic acids is 1. The maximum Gasteiger partial charge on any atom is 0.494 e. The first kappa shape index (κ1) is 30.3. The van der Waals surface area contributed by atoms with E-state index >= 15 is 0 Å². The molecular formula is C35H44BN3O6. The van der Waals surface area contributed by atoms with Crippen LogP contribution in [-0.2, 0) is 38.2 Å². The molecule has 2 saturated heterocycles. The molecule has 2 aromatic carbocycles. The molecule has 1 amide bonds. The number of fused-ring (bicyclic) bond motifs is 6. The van der Waals surface area contributed by atoms with Crippen LogP contribution in [0.3, 0.4) is 0 Å². The van der Waals surface area contributed by atoms with Crippen molar-refractivity contribution in [1.82, 2.24) is 14.9 Å². The summed E-state index contributed by atoms with van der Waals surface area (Å²) in [5.41, 5.74) is 7.48. The summed E-state index contributed by atoms with van der Waals surface area (Å²) >= 11 is 0. The van der Waals surface area contributed by atoms with Crippen molar-refractivity contribution in [2.24, 2.45) is 5.92 Å². The lowest BCUT2D eigenvalue weighted by atomic mass is 9.76. The SMILES string of the molecule is COC[C@H]1CC(c2nc3c([nH]2)-c2cc4c(cc2CC3)-c2ccc(B3OC(C)(C)C(C)(C)O3)cc2CO4)N(C(=O)OC(C)(C)C)C1. The normalized spacial score (nSPS) is 22.8. The highest BCUT2D eigenvalue weighted by atomic mass is 16.7. The van der Waals surface area contributed by atoms with E-state index in [1.807, 2.05) is 25.7 Å². The molecule has 0 radical (unpaired) electrons. The fourth-order valence-corrected chi connectivity index (χ4v) is 6.98. The number of hydrogen-bond acceptors (Lipinski definition) is 7. The zero-order chi connectivity index (χ0) is 31.9. The smallest absolute Gasteiger partial charge is 0.488 e. The Morgan fingerprint density at radius 1 is 1.04 bits per heavy atom. The van der Waals surface area contributed by atoms with Gasteiger partial charge in [0.15, 0.2) is 0 Å². The van der Waals surface area contributed by atoms with Crippen LogP contribution < -0.4 is 10.2 Å². The van der Waals surface area contributed by atoms with E-state index in [1.165, 1.54) is 11.1 Å². The van der Waals surface area contributed by atoms with Gasteiger partial charge in [0.25, 0.3) is 0 Å². The zero-order valence-corrected chi connectivity index (χ0v) is 27.7. The molecule has 1 N–H and O–H groups in total. The van der Waals surface area contributed by atoms with E-state index in [-0.39, 0.29) is 18.1 Å². The van der Waals surface area contributed by atoms with Gasteiger partial charge < -0.3 is 28.5 Å². The predicted octanol–water partition coefficient (Wildman–Crippen LogP) is 5.98. The minimum absolute atomic E-state index is 0.201. The number of H-pyrrole nitrogens is 1. The molecule has 1 unspecified atom stereocenters. The van der Waals surface area contributed by atoms with Crippen molar-refractivity contribution in [3.63, 3.8) is 0 Å². The molecule has 0 bridgehead atoms. The average molecular weight is 614 g/mol. The van der Waals surface area contributed by atoms with E-state index in [0.29, 0.717) is 19.8 Å². The van der Waals surface area contributed by atoms with Crippen molar-refractivity contribution in [2.45, 2.75) is 97.2 Å². The lowest BCUT2D eigenvalue weighted by Gasteiger charge is -2.32. The van der Waals surface area contributed by atoms with Crippen LogP contribution in [0, 0.1) is 5.92 Å². The molecule has 0 saturated carbocycles. The second-order valence-electron chi connectivity index (χ2n) is 14.9. The molecule has 238 valence electrons. The van der Waals surface area contributed by atoms with Gasteiger partial charge in [0.2, 0.25) is 0 Å². The van der Waals surface area contributed by atoms with Crippen LogP contribution in [0.5, 0.6) is 5.75 Å². The molecule has 3 aromatic rings. The summed E-state index contributed by atoms with van der Waals surface area (Å²) in [6.07, 6.45) is 2.16. The molecule has 4 heterocycles. The number of methoxy groups -OCH3 is 1. The molecule has 2 fully saturated rings. The Balaban J connectivity index is 1.18. The molecule has 1 aromatic heterocycles. The van der Waals surface area contributed by atoms with E-state index in [0.717, 1.165) is 64.4 Å². The highest BCUT2D eigenvalue weighted by molar-refractivity contribution is 6.62. The molecule has 3 aliphatic heterocycles. The van der Waals surface area contributed by atoms with Gasteiger partial charge in [-0.25, -0.2) is 9.78 Å². The fraction of sp³-hybridized carbons (Fsp3) is 0.543. The maximum absolute atomic E-state index is 13.2. The summed E-state index contributed by atoms with van der Waals surface area (Å²) in [6, 6.07) is 10.7. The molecule has 2 atom stereocenters. The Hall–Kier alpha value is -3.34. The number of carbonyl (C=O) groups is 1. The number of amides is 1. The topological polar surface area (TPSA) is 95.1 Å². The number of aryl methyl sites for hydroxylation is 2. The van der Waals surface area contributed by atoms with Crippen molar-refractivity contribution in [2.75, 3.05) is 20.3 Å². The van der Waals surface area contributed by atoms with Gasteiger partial charge in [-0.15, -0.1) is 0 Å². The summed E-state index contributed by atoms with van der Waals surface area (Å²) in [6.45, 7) is 15.6. The van der Waals surface area contributed by atoms with Crippen LogP contribution in [0.4, 0.5) is 4.79 Å². The Morgan fingerprint density at radius 2 is 1.80 bits per heavy atom. The highest BCUT2D eigenvalue weighted by Gasteiger charge is 2.52. The number of imidazole rings is 1. The van der Waals surface area contributed by atoms with E-state index in [9.17, 15) is 4.79 Å². The van der Waals surface area contributed by atoms with Gasteiger partial charge in [0, 0.05) is 30.7 Å². The standard InChI is InChI=1S/C35H44BN3O6/c1-33(2,3)43-32(40)39-17-20(18-41-8)13-28(39)31-37-27-12-9-21-15-26-24-11-10-23(36-44-34(4,5)35(6,7)45-36)14-22(24)19-42-29(26)16-25(21)30(27)38-31/h10-11,14-16,20,28H,9,12-13,17-19H2,1-8H3,(H,37,38)/t20-,28?/m0/s1. The molecule has 0 spiro atoms. The zero-order valence-electron chi connectivity index (χ0n) is 27.7. The second kappa shape index (κ2) is 10.6. The number of nitrogens with zero attached hydrogens (tertiary/aromatic N) is 2. The van der Waals surface area contributed by atoms with Crippen LogP contribution in [-0.4, -0.2) is 65.1 Å². The van der Waals surface area contributed by atoms with Gasteiger partial charge in [-0.2, -0.15) is 0 Å². The first-order chi connectivity index (χ1) is 21.2. The molecule has 9 nitrogen and oxygen atoms in total. The largest absolute Gasteiger partial charge is 0.494 e. The monoisotopic (exact) mass is 613 g/mol. The minimum atomic E-state index is -0.576. The molecule has 1 aliphatic carbocycles. The number of likely N-dealkylation sites (tertiary alicyclic amines) is 1. The first-order valence-electron chi connectivity index (χ1n) is 16.1. The van der Waals surface area contributed by atoms with Crippen molar-refractivity contribution in [3.05, 3.63) is 53.0 Å². The third-order valence-electron chi connectivity index (χ3n) is 9.96. The van der Waals surface area contributed by atoms with Crippen LogP contribution in [0.25, 0.3) is 22.4 Å². The summed E-state index contributed by atoms with van der Waals surface area (Å²) in [5.74, 6) is 1.88. The van der Waals surface area contributed by atoms with E-state index in [4.69, 9.17) is 28.5 Å². The third kappa shape index (κ3) is 5.34. The lowest BCUT2D eigenvalue weighted by molar-refractivity contribution is 0.00578. The Kier molecular flexibility index (Phi) is 7.15. The first-order valence-corrected chi connectivity index (χ1v) is 16.1. The number of nitrogens with one attached hydrogen (secondary N) is 1. The van der Waals surface area contributed by atoms with Crippen molar-refractivity contribution < 1.29 is 28.3 Å². The summed E-state index contributed by atoms with van der Waals surface area (Å²) in [4.78, 5) is 23.7. The quantitative estimate of drug-likeness (QED) is 0.362. The Bertz CT molecular complexity index is 1640. The van der Waals surface area contributed by atoms with Gasteiger partial charge >= 0.3 is 13.2 Å². The summed E-state index contributed by atoms with van der Waals surface area (Å²) < 4.78 is 30.2. The number of aromatic nitrogens is 2. The van der Waals surface area contributed by atoms with Crippen molar-refractivity contribution >= 4 is 18.7 Å². The predicted molar refractivity (Wildman–Crippen MR) is 173 cm³/mol. The van der Waals surface area contributed by atoms with Gasteiger partial charge in [0.05, 0.1) is 35.2 Å². The van der Waals surface area contributed by atoms with Crippen molar-refractivity contribution in [3.8, 4) is 28.1 Å². The fourth-order valence-electron chi connectivity index (χ4n) is 6.98. The maximum atomic E-state index is 13.2. The van der Waals surface area contributed by atoms with Crippen LogP contribution in [0.15, 0.2) is 30.3 Å². The number of ether oxygens (including phenoxy) is 3. The molecule has 4 aliphatic rings. The van der Waals surface area contributed by atoms with Crippen molar-refractivity contribution in [1.29, 1.82) is 0 Å². The molecule has 45 heavy (non-hydrogen) atoms. The van der Waals surface area contributed by atoms with E-state index in [2.05, 4.69) is 63.0 Å². The Labute approximate surface area is 266 Å². The molecule has 10 heteroatoms. The number of rotatable bonds is 4. The van der Waals surface area contributed by atoms with Crippen LogP contribution >= 0.6 is 0 Å². The second-order valence-corrected chi connectivity index (χ2v) is 14.9. The summed E-state index contributed by atoms with van der Waals surface area (Å²) in [7, 11) is 1.29. The minimum Gasteiger partial charge on any atom is -0.488 e. The van der Waals surface area contributed by atoms with E-state index in [1.54, 1.807) is 7.11 Å². The third-order valence-corrected chi connectivity index (χ3v) is 9.96. The van der Waals surface area contributed by atoms with Gasteiger partial charge in [-0.1, -0.05) is 18.2 Å². The Morgan fingerprint density at radius 3 is 2.51 bits per heavy atom. The number of hydrogen-bond donors (Lipinski definition) is 1. The van der Waals surface area contributed by atoms with Gasteiger partial charge in [0.1, 0.15) is 23.8 Å². The molecule has 7 rings (SSSR count). The molecular weight excluding hydrogens is 569 g/mol.